The first-order valence-corrected chi connectivity index (χ1v) is 11.0. The van der Waals surface area contributed by atoms with Crippen LogP contribution in [0, 0.1) is 5.92 Å². The number of nitrogens with zero attached hydrogens (tertiary/aromatic N) is 7. The van der Waals surface area contributed by atoms with Crippen LogP contribution in [-0.2, 0) is 12.4 Å². The van der Waals surface area contributed by atoms with E-state index in [0.29, 0.717) is 13.1 Å². The SMILES string of the molecule is FC(F)(F)c1cc(Nc2nc(-c3cccc(C(F)(F)F)n3)nc(N3CCCC(C4C=N4)C3)n2)ccn1. The molecule has 0 amide bonds. The molecule has 2 aliphatic heterocycles. The van der Waals surface area contributed by atoms with Gasteiger partial charge in [-0.1, -0.05) is 6.07 Å². The van der Waals surface area contributed by atoms with E-state index < -0.39 is 23.7 Å². The van der Waals surface area contributed by atoms with Gasteiger partial charge in [0.25, 0.3) is 0 Å². The largest absolute Gasteiger partial charge is 0.433 e. The molecule has 3 aromatic rings. The number of halogens is 6. The molecule has 2 unspecified atom stereocenters. The van der Waals surface area contributed by atoms with E-state index in [1.807, 2.05) is 11.1 Å². The van der Waals surface area contributed by atoms with Crippen molar-refractivity contribution in [2.75, 3.05) is 23.3 Å². The van der Waals surface area contributed by atoms with Gasteiger partial charge in [-0.3, -0.25) is 9.98 Å². The molecule has 8 nitrogen and oxygen atoms in total. The van der Waals surface area contributed by atoms with Crippen LogP contribution in [0.25, 0.3) is 11.5 Å². The minimum atomic E-state index is -4.68. The van der Waals surface area contributed by atoms with E-state index in [9.17, 15) is 26.3 Å². The molecule has 2 atom stereocenters. The van der Waals surface area contributed by atoms with E-state index in [4.69, 9.17) is 0 Å². The first-order chi connectivity index (χ1) is 17.1. The first kappa shape index (κ1) is 23.9. The van der Waals surface area contributed by atoms with Crippen molar-refractivity contribution >= 4 is 23.8 Å². The standard InChI is InChI=1S/C22H18F6N8/c23-21(24,25)16-5-1-4-14(32-16)18-33-19(31-13-6-7-29-17(9-13)22(26,27)28)35-20(34-18)36-8-2-3-12(11-36)15-10-30-15/h1,4-7,9-10,12,15H,2-3,8,11H2,(H,29,31,33,34,35). The second-order valence-corrected chi connectivity index (χ2v) is 8.38. The topological polar surface area (TPSA) is 92.1 Å². The Labute approximate surface area is 200 Å². The Morgan fingerprint density at radius 2 is 1.69 bits per heavy atom. The molecule has 3 aromatic heterocycles. The number of pyridine rings is 2. The number of hydrogen-bond donors (Lipinski definition) is 1. The second kappa shape index (κ2) is 8.99. The average molecular weight is 508 g/mol. The third-order valence-electron chi connectivity index (χ3n) is 5.74. The third-order valence-corrected chi connectivity index (χ3v) is 5.74. The number of anilines is 3. The molecule has 0 radical (unpaired) electrons. The molecular formula is C22H18F6N8. The number of nitrogens with one attached hydrogen (secondary N) is 1. The number of aliphatic imine (C=N–C) groups is 1. The van der Waals surface area contributed by atoms with Crippen LogP contribution in [0.3, 0.4) is 0 Å². The van der Waals surface area contributed by atoms with Crippen LogP contribution in [0.2, 0.25) is 0 Å². The molecule has 0 bridgehead atoms. The van der Waals surface area contributed by atoms with Crippen LogP contribution in [0.1, 0.15) is 24.2 Å². The predicted molar refractivity (Wildman–Crippen MR) is 118 cm³/mol. The molecule has 5 rings (SSSR count). The Morgan fingerprint density at radius 1 is 0.917 bits per heavy atom. The van der Waals surface area contributed by atoms with Gasteiger partial charge in [0.05, 0.1) is 6.04 Å². The molecule has 0 spiro atoms. The maximum Gasteiger partial charge on any atom is 0.433 e. The first-order valence-electron chi connectivity index (χ1n) is 11.0. The Balaban J connectivity index is 1.52. The van der Waals surface area contributed by atoms with Gasteiger partial charge in [0.2, 0.25) is 11.9 Å². The van der Waals surface area contributed by atoms with E-state index in [1.165, 1.54) is 18.2 Å². The van der Waals surface area contributed by atoms with Crippen molar-refractivity contribution in [3.8, 4) is 11.5 Å². The summed E-state index contributed by atoms with van der Waals surface area (Å²) in [5, 5.41) is 2.69. The van der Waals surface area contributed by atoms with Gasteiger partial charge in [-0.2, -0.15) is 41.3 Å². The number of aromatic nitrogens is 5. The normalized spacial score (nSPS) is 19.9. The lowest BCUT2D eigenvalue weighted by molar-refractivity contribution is -0.141. The van der Waals surface area contributed by atoms with Crippen molar-refractivity contribution in [3.63, 3.8) is 0 Å². The Morgan fingerprint density at radius 3 is 2.42 bits per heavy atom. The fraction of sp³-hybridized carbons (Fsp3) is 0.364. The molecule has 5 heterocycles. The highest BCUT2D eigenvalue weighted by Gasteiger charge is 2.34. The summed E-state index contributed by atoms with van der Waals surface area (Å²) >= 11 is 0. The molecule has 0 saturated carbocycles. The molecular weight excluding hydrogens is 490 g/mol. The quantitative estimate of drug-likeness (QED) is 0.496. The van der Waals surface area contributed by atoms with Crippen LogP contribution in [-0.4, -0.2) is 50.3 Å². The van der Waals surface area contributed by atoms with Crippen LogP contribution >= 0.6 is 0 Å². The highest BCUT2D eigenvalue weighted by molar-refractivity contribution is 5.78. The molecule has 0 aliphatic carbocycles. The van der Waals surface area contributed by atoms with Gasteiger partial charge < -0.3 is 10.2 Å². The molecule has 2 aliphatic rings. The average Bonchev–Trinajstić information content (AvgIpc) is 3.69. The minimum Gasteiger partial charge on any atom is -0.340 e. The van der Waals surface area contributed by atoms with Gasteiger partial charge in [0.1, 0.15) is 17.1 Å². The Hall–Kier alpha value is -3.84. The molecule has 1 saturated heterocycles. The van der Waals surface area contributed by atoms with Crippen LogP contribution in [0.5, 0.6) is 0 Å². The number of alkyl halides is 6. The Bertz CT molecular complexity index is 1290. The highest BCUT2D eigenvalue weighted by atomic mass is 19.4. The van der Waals surface area contributed by atoms with E-state index in [-0.39, 0.29) is 41.1 Å². The summed E-state index contributed by atoms with van der Waals surface area (Å²) < 4.78 is 79.0. The zero-order chi connectivity index (χ0) is 25.5. The number of hydrogen-bond acceptors (Lipinski definition) is 8. The molecule has 188 valence electrons. The zero-order valence-electron chi connectivity index (χ0n) is 18.4. The summed E-state index contributed by atoms with van der Waals surface area (Å²) in [6.45, 7) is 1.16. The number of piperidine rings is 1. The van der Waals surface area contributed by atoms with Gasteiger partial charge >= 0.3 is 12.4 Å². The molecule has 36 heavy (non-hydrogen) atoms. The van der Waals surface area contributed by atoms with Crippen LogP contribution < -0.4 is 10.2 Å². The van der Waals surface area contributed by atoms with Crippen molar-refractivity contribution in [1.29, 1.82) is 0 Å². The Kier molecular flexibility index (Phi) is 5.96. The van der Waals surface area contributed by atoms with Crippen molar-refractivity contribution in [2.24, 2.45) is 10.9 Å². The second-order valence-electron chi connectivity index (χ2n) is 8.38. The molecule has 14 heteroatoms. The fourth-order valence-electron chi connectivity index (χ4n) is 3.95. The van der Waals surface area contributed by atoms with Crippen LogP contribution in [0.4, 0.5) is 43.9 Å². The van der Waals surface area contributed by atoms with E-state index in [0.717, 1.165) is 31.2 Å². The number of rotatable bonds is 5. The summed E-state index contributed by atoms with van der Waals surface area (Å²) in [6, 6.07) is 5.56. The van der Waals surface area contributed by atoms with E-state index in [2.05, 4.69) is 35.2 Å². The molecule has 0 aromatic carbocycles. The smallest absolute Gasteiger partial charge is 0.340 e. The fourth-order valence-corrected chi connectivity index (χ4v) is 3.95. The van der Waals surface area contributed by atoms with E-state index in [1.54, 1.807) is 0 Å². The summed E-state index contributed by atoms with van der Waals surface area (Å²) in [7, 11) is 0. The van der Waals surface area contributed by atoms with Crippen LogP contribution in [0.15, 0.2) is 41.5 Å². The van der Waals surface area contributed by atoms with Gasteiger partial charge in [-0.25, -0.2) is 4.98 Å². The minimum absolute atomic E-state index is 0.000303. The zero-order valence-corrected chi connectivity index (χ0v) is 18.4. The van der Waals surface area contributed by atoms with Gasteiger partial charge in [-0.15, -0.1) is 0 Å². The van der Waals surface area contributed by atoms with Gasteiger partial charge in [0.15, 0.2) is 5.82 Å². The van der Waals surface area contributed by atoms with E-state index >= 15 is 0 Å². The summed E-state index contributed by atoms with van der Waals surface area (Å²) in [4.78, 5) is 25.9. The monoisotopic (exact) mass is 508 g/mol. The lowest BCUT2D eigenvalue weighted by Gasteiger charge is -2.32. The van der Waals surface area contributed by atoms with Gasteiger partial charge in [-0.05, 0) is 37.1 Å². The lowest BCUT2D eigenvalue weighted by Crippen LogP contribution is -2.39. The predicted octanol–water partition coefficient (Wildman–Crippen LogP) is 4.78. The van der Waals surface area contributed by atoms with Gasteiger partial charge in [0, 0.05) is 37.1 Å². The molecule has 1 fully saturated rings. The third kappa shape index (κ3) is 5.36. The summed E-state index contributed by atoms with van der Waals surface area (Å²) in [5.74, 6) is 0.135. The lowest BCUT2D eigenvalue weighted by atomic mass is 9.94. The maximum atomic E-state index is 13.2. The van der Waals surface area contributed by atoms with Crippen molar-refractivity contribution < 1.29 is 26.3 Å². The molecule has 1 N–H and O–H groups in total. The van der Waals surface area contributed by atoms with Crippen molar-refractivity contribution in [2.45, 2.75) is 31.2 Å². The van der Waals surface area contributed by atoms with Crippen molar-refractivity contribution in [1.82, 2.24) is 24.9 Å². The summed E-state index contributed by atoms with van der Waals surface area (Å²) in [6.07, 6.45) is -4.72. The highest BCUT2D eigenvalue weighted by Crippen LogP contribution is 2.32. The summed E-state index contributed by atoms with van der Waals surface area (Å²) in [5.41, 5.74) is -2.39. The van der Waals surface area contributed by atoms with Crippen molar-refractivity contribution in [3.05, 3.63) is 47.9 Å². The maximum absolute atomic E-state index is 13.2.